The molecule has 0 saturated carbocycles. The maximum Gasteiger partial charge on any atom is 0.410 e. The van der Waals surface area contributed by atoms with Crippen molar-refractivity contribution in [1.82, 2.24) is 15.1 Å². The van der Waals surface area contributed by atoms with E-state index in [0.29, 0.717) is 12.6 Å². The summed E-state index contributed by atoms with van der Waals surface area (Å²) in [5.74, 6) is 0. The minimum atomic E-state index is -0.429. The summed E-state index contributed by atoms with van der Waals surface area (Å²) in [5, 5.41) is 3.34. The Hall–Kier alpha value is -0.810. The first-order chi connectivity index (χ1) is 7.79. The number of ether oxygens (including phenoxy) is 1. The predicted molar refractivity (Wildman–Crippen MR) is 68.2 cm³/mol. The zero-order valence-electron chi connectivity index (χ0n) is 11.6. The summed E-state index contributed by atoms with van der Waals surface area (Å²) in [7, 11) is 3.88. The van der Waals surface area contributed by atoms with E-state index in [1.807, 2.05) is 20.8 Å². The molecule has 100 valence electrons. The van der Waals surface area contributed by atoms with E-state index >= 15 is 0 Å². The molecule has 0 radical (unpaired) electrons. The van der Waals surface area contributed by atoms with Gasteiger partial charge in [-0.1, -0.05) is 0 Å². The highest BCUT2D eigenvalue weighted by molar-refractivity contribution is 5.67. The Kier molecular flexibility index (Phi) is 4.77. The summed E-state index contributed by atoms with van der Waals surface area (Å²) < 4.78 is 5.32. The summed E-state index contributed by atoms with van der Waals surface area (Å²) in [6.45, 7) is 9.30. The van der Waals surface area contributed by atoms with E-state index in [9.17, 15) is 4.79 Å². The van der Waals surface area contributed by atoms with Gasteiger partial charge in [-0.15, -0.1) is 0 Å². The number of nitrogens with zero attached hydrogens (tertiary/aromatic N) is 2. The topological polar surface area (TPSA) is 44.8 Å². The van der Waals surface area contributed by atoms with Gasteiger partial charge in [0, 0.05) is 39.3 Å². The Morgan fingerprint density at radius 1 is 1.53 bits per heavy atom. The van der Waals surface area contributed by atoms with E-state index in [-0.39, 0.29) is 6.09 Å². The normalized spacial score (nSPS) is 22.3. The molecule has 1 atom stereocenters. The van der Waals surface area contributed by atoms with E-state index in [1.165, 1.54) is 0 Å². The van der Waals surface area contributed by atoms with E-state index in [4.69, 9.17) is 4.74 Å². The lowest BCUT2D eigenvalue weighted by Crippen LogP contribution is -2.54. The van der Waals surface area contributed by atoms with Crippen LogP contribution in [0.1, 0.15) is 20.8 Å². The Bertz CT molecular complexity index is 263. The molecule has 1 fully saturated rings. The van der Waals surface area contributed by atoms with Gasteiger partial charge in [-0.2, -0.15) is 0 Å². The molecule has 1 rings (SSSR count). The first-order valence-corrected chi connectivity index (χ1v) is 6.14. The van der Waals surface area contributed by atoms with E-state index < -0.39 is 5.60 Å². The highest BCUT2D eigenvalue weighted by atomic mass is 16.6. The quantitative estimate of drug-likeness (QED) is 0.777. The van der Waals surface area contributed by atoms with Gasteiger partial charge in [0.25, 0.3) is 0 Å². The van der Waals surface area contributed by atoms with Crippen LogP contribution in [0.5, 0.6) is 0 Å². The van der Waals surface area contributed by atoms with Gasteiger partial charge in [-0.05, 0) is 27.8 Å². The molecule has 1 amide bonds. The van der Waals surface area contributed by atoms with Gasteiger partial charge in [0.2, 0.25) is 0 Å². The predicted octanol–water partition coefficient (Wildman–Crippen LogP) is 0.757. The number of carbonyl (C=O) groups is 1. The van der Waals surface area contributed by atoms with Gasteiger partial charge >= 0.3 is 6.09 Å². The van der Waals surface area contributed by atoms with Gasteiger partial charge in [0.15, 0.2) is 0 Å². The number of amides is 1. The Balaban J connectivity index is 2.42. The van der Waals surface area contributed by atoms with Gasteiger partial charge in [-0.3, -0.25) is 4.90 Å². The highest BCUT2D eigenvalue weighted by Gasteiger charge is 2.25. The van der Waals surface area contributed by atoms with Crippen molar-refractivity contribution in [2.24, 2.45) is 0 Å². The van der Waals surface area contributed by atoms with Crippen LogP contribution in [0.15, 0.2) is 0 Å². The second-order valence-electron chi connectivity index (χ2n) is 5.70. The number of likely N-dealkylation sites (N-methyl/N-ethyl adjacent to an activating group) is 2. The number of hydrogen-bond donors (Lipinski definition) is 1. The van der Waals surface area contributed by atoms with Crippen LogP contribution in [0, 0.1) is 0 Å². The van der Waals surface area contributed by atoms with Crippen LogP contribution < -0.4 is 5.32 Å². The smallest absolute Gasteiger partial charge is 0.410 e. The average Bonchev–Trinajstić information content (AvgIpc) is 2.18. The van der Waals surface area contributed by atoms with Crippen molar-refractivity contribution in [2.75, 3.05) is 40.3 Å². The lowest BCUT2D eigenvalue weighted by atomic mass is 10.2. The molecule has 0 aliphatic carbocycles. The molecule has 1 N–H and O–H groups in total. The molecule has 1 heterocycles. The van der Waals surface area contributed by atoms with Gasteiger partial charge in [0.05, 0.1) is 0 Å². The minimum absolute atomic E-state index is 0.253. The Morgan fingerprint density at radius 3 is 2.71 bits per heavy atom. The second kappa shape index (κ2) is 5.69. The second-order valence-corrected chi connectivity index (χ2v) is 5.70. The van der Waals surface area contributed by atoms with Gasteiger partial charge < -0.3 is 15.0 Å². The molecule has 5 heteroatoms. The zero-order chi connectivity index (χ0) is 13.1. The molecular formula is C12H25N3O2. The van der Waals surface area contributed by atoms with Crippen molar-refractivity contribution in [2.45, 2.75) is 32.4 Å². The maximum atomic E-state index is 11.8. The van der Waals surface area contributed by atoms with Crippen molar-refractivity contribution in [3.05, 3.63) is 0 Å². The Morgan fingerprint density at radius 2 is 2.18 bits per heavy atom. The molecule has 5 nitrogen and oxygen atoms in total. The van der Waals surface area contributed by atoms with Crippen molar-refractivity contribution < 1.29 is 9.53 Å². The number of rotatable bonds is 2. The van der Waals surface area contributed by atoms with Gasteiger partial charge in [-0.25, -0.2) is 4.79 Å². The van der Waals surface area contributed by atoms with Gasteiger partial charge in [0.1, 0.15) is 5.60 Å². The largest absolute Gasteiger partial charge is 0.444 e. The molecule has 1 unspecified atom stereocenters. The highest BCUT2D eigenvalue weighted by Crippen LogP contribution is 2.10. The molecule has 0 aromatic rings. The fraction of sp³-hybridized carbons (Fsp3) is 0.917. The molecule has 1 aliphatic rings. The monoisotopic (exact) mass is 243 g/mol. The molecule has 0 aromatic heterocycles. The van der Waals surface area contributed by atoms with E-state index in [2.05, 4.69) is 17.3 Å². The minimum Gasteiger partial charge on any atom is -0.444 e. The lowest BCUT2D eigenvalue weighted by Gasteiger charge is -2.35. The van der Waals surface area contributed by atoms with Crippen LogP contribution in [0.2, 0.25) is 0 Å². The SMILES string of the molecule is CN(CC1CNCCN1C)C(=O)OC(C)(C)C. The standard InChI is InChI=1S/C12H25N3O2/c1-12(2,3)17-11(16)15(5)9-10-8-13-6-7-14(10)4/h10,13H,6-9H2,1-5H3. The van der Waals surface area contributed by atoms with Crippen molar-refractivity contribution in [3.63, 3.8) is 0 Å². The van der Waals surface area contributed by atoms with Crippen molar-refractivity contribution >= 4 is 6.09 Å². The summed E-state index contributed by atoms with van der Waals surface area (Å²) in [5.41, 5.74) is -0.429. The van der Waals surface area contributed by atoms with Crippen molar-refractivity contribution in [3.8, 4) is 0 Å². The summed E-state index contributed by atoms with van der Waals surface area (Å²) in [4.78, 5) is 15.7. The first-order valence-electron chi connectivity index (χ1n) is 6.14. The fourth-order valence-electron chi connectivity index (χ4n) is 1.80. The first kappa shape index (κ1) is 14.3. The van der Waals surface area contributed by atoms with E-state index in [1.54, 1.807) is 11.9 Å². The third kappa shape index (κ3) is 4.91. The number of carbonyl (C=O) groups excluding carboxylic acids is 1. The van der Waals surface area contributed by atoms with Crippen LogP contribution in [0.4, 0.5) is 4.79 Å². The molecule has 1 saturated heterocycles. The van der Waals surface area contributed by atoms with Crippen LogP contribution in [0.25, 0.3) is 0 Å². The summed E-state index contributed by atoms with van der Waals surface area (Å²) in [6, 6.07) is 0.362. The lowest BCUT2D eigenvalue weighted by molar-refractivity contribution is 0.0242. The van der Waals surface area contributed by atoms with Crippen LogP contribution >= 0.6 is 0 Å². The fourth-order valence-corrected chi connectivity index (χ4v) is 1.80. The molecule has 0 bridgehead atoms. The molecule has 0 spiro atoms. The number of piperazine rings is 1. The maximum absolute atomic E-state index is 11.8. The van der Waals surface area contributed by atoms with Crippen LogP contribution in [-0.2, 0) is 4.74 Å². The van der Waals surface area contributed by atoms with Crippen LogP contribution in [-0.4, -0.2) is 67.8 Å². The summed E-state index contributed by atoms with van der Waals surface area (Å²) in [6.07, 6.45) is -0.253. The van der Waals surface area contributed by atoms with Crippen LogP contribution in [0.3, 0.4) is 0 Å². The third-order valence-electron chi connectivity index (χ3n) is 2.83. The molecule has 0 aromatic carbocycles. The Labute approximate surface area is 104 Å². The molecule has 1 aliphatic heterocycles. The summed E-state index contributed by atoms with van der Waals surface area (Å²) >= 11 is 0. The molecular weight excluding hydrogens is 218 g/mol. The molecule has 17 heavy (non-hydrogen) atoms. The number of nitrogens with one attached hydrogen (secondary N) is 1. The number of hydrogen-bond acceptors (Lipinski definition) is 4. The zero-order valence-corrected chi connectivity index (χ0v) is 11.6. The van der Waals surface area contributed by atoms with E-state index in [0.717, 1.165) is 19.6 Å². The third-order valence-corrected chi connectivity index (χ3v) is 2.83. The van der Waals surface area contributed by atoms with Crippen molar-refractivity contribution in [1.29, 1.82) is 0 Å². The average molecular weight is 243 g/mol.